The molecule has 0 aromatic carbocycles. The molecule has 0 heteroatoms. The van der Waals surface area contributed by atoms with Crippen molar-refractivity contribution in [2.24, 2.45) is 5.92 Å². The van der Waals surface area contributed by atoms with Crippen LogP contribution in [0, 0.1) is 5.92 Å². The van der Waals surface area contributed by atoms with E-state index in [0.29, 0.717) is 0 Å². The van der Waals surface area contributed by atoms with Crippen LogP contribution in [0.2, 0.25) is 0 Å². The van der Waals surface area contributed by atoms with Gasteiger partial charge in [0.25, 0.3) is 0 Å². The van der Waals surface area contributed by atoms with Crippen LogP contribution in [-0.2, 0) is 0 Å². The average molecular weight is 136 g/mol. The Bertz CT molecular complexity index is 151. The maximum absolute atomic E-state index is 2.36. The van der Waals surface area contributed by atoms with Crippen molar-refractivity contribution in [3.63, 3.8) is 0 Å². The molecule has 0 saturated heterocycles. The minimum absolute atomic E-state index is 0.782. The van der Waals surface area contributed by atoms with Gasteiger partial charge in [-0.3, -0.25) is 0 Å². The zero-order valence-corrected chi connectivity index (χ0v) is 6.93. The minimum atomic E-state index is 0.782. The largest absolute Gasteiger partial charge is 0.0854 e. The second-order valence-corrected chi connectivity index (χ2v) is 3.24. The Balaban J connectivity index is 2.50. The minimum Gasteiger partial charge on any atom is -0.0854 e. The molecular weight excluding hydrogens is 120 g/mol. The summed E-state index contributed by atoms with van der Waals surface area (Å²) in [7, 11) is 0. The third kappa shape index (κ3) is 2.38. The summed E-state index contributed by atoms with van der Waals surface area (Å²) < 4.78 is 0. The van der Waals surface area contributed by atoms with Crippen LogP contribution in [0.15, 0.2) is 23.8 Å². The molecule has 0 spiro atoms. The van der Waals surface area contributed by atoms with E-state index in [0.717, 1.165) is 12.3 Å². The lowest BCUT2D eigenvalue weighted by Crippen LogP contribution is -1.91. The van der Waals surface area contributed by atoms with Crippen molar-refractivity contribution in [2.45, 2.75) is 33.1 Å². The third-order valence-electron chi connectivity index (χ3n) is 2.02. The van der Waals surface area contributed by atoms with Gasteiger partial charge in [-0.25, -0.2) is 0 Å². The van der Waals surface area contributed by atoms with Gasteiger partial charge in [-0.2, -0.15) is 0 Å². The average Bonchev–Trinajstić information content (AvgIpc) is 1.84. The predicted molar refractivity (Wildman–Crippen MR) is 45.9 cm³/mol. The van der Waals surface area contributed by atoms with Crippen LogP contribution in [0.25, 0.3) is 0 Å². The first-order chi connectivity index (χ1) is 4.79. The van der Waals surface area contributed by atoms with Gasteiger partial charge in [0, 0.05) is 0 Å². The van der Waals surface area contributed by atoms with E-state index in [1.807, 2.05) is 0 Å². The van der Waals surface area contributed by atoms with Crippen molar-refractivity contribution in [1.82, 2.24) is 0 Å². The molecule has 0 saturated carbocycles. The molecule has 10 heavy (non-hydrogen) atoms. The van der Waals surface area contributed by atoms with E-state index in [1.54, 1.807) is 0 Å². The van der Waals surface area contributed by atoms with Crippen molar-refractivity contribution in [2.75, 3.05) is 0 Å². The molecule has 56 valence electrons. The van der Waals surface area contributed by atoms with E-state index in [4.69, 9.17) is 0 Å². The fraction of sp³-hybridized carbons (Fsp3) is 0.600. The van der Waals surface area contributed by atoms with Gasteiger partial charge in [-0.05, 0) is 32.1 Å². The predicted octanol–water partition coefficient (Wildman–Crippen LogP) is 3.31. The molecule has 0 aromatic heterocycles. The number of rotatable bonds is 0. The molecule has 0 N–H and O–H groups in total. The van der Waals surface area contributed by atoms with Crippen LogP contribution >= 0.6 is 0 Å². The van der Waals surface area contributed by atoms with Crippen molar-refractivity contribution in [1.29, 1.82) is 0 Å². The summed E-state index contributed by atoms with van der Waals surface area (Å²) in [5, 5.41) is 0. The second-order valence-electron chi connectivity index (χ2n) is 3.24. The molecule has 0 nitrogen and oxygen atoms in total. The number of hydrogen-bond donors (Lipinski definition) is 0. The Morgan fingerprint density at radius 3 is 3.10 bits per heavy atom. The van der Waals surface area contributed by atoms with E-state index in [9.17, 15) is 0 Å². The highest BCUT2D eigenvalue weighted by molar-refractivity contribution is 5.07. The smallest absolute Gasteiger partial charge is 0.0141 e. The first-order valence-electron chi connectivity index (χ1n) is 4.11. The molecular formula is C10H16. The molecule has 0 radical (unpaired) electrons. The van der Waals surface area contributed by atoms with Crippen molar-refractivity contribution in [3.05, 3.63) is 23.8 Å². The molecule has 0 aliphatic heterocycles. The Morgan fingerprint density at radius 2 is 2.30 bits per heavy atom. The van der Waals surface area contributed by atoms with Gasteiger partial charge in [-0.1, -0.05) is 30.7 Å². The molecule has 0 amide bonds. The van der Waals surface area contributed by atoms with Crippen molar-refractivity contribution in [3.8, 4) is 0 Å². The van der Waals surface area contributed by atoms with Crippen LogP contribution in [0.5, 0.6) is 0 Å². The summed E-state index contributed by atoms with van der Waals surface area (Å²) in [6.07, 6.45) is 10.7. The zero-order chi connectivity index (χ0) is 7.40. The summed E-state index contributed by atoms with van der Waals surface area (Å²) in [6, 6.07) is 0. The first-order valence-corrected chi connectivity index (χ1v) is 4.11. The van der Waals surface area contributed by atoms with Crippen LogP contribution in [0.1, 0.15) is 33.1 Å². The summed E-state index contributed by atoms with van der Waals surface area (Å²) in [4.78, 5) is 0. The van der Waals surface area contributed by atoms with E-state index in [-0.39, 0.29) is 0 Å². The van der Waals surface area contributed by atoms with Gasteiger partial charge in [0.2, 0.25) is 0 Å². The standard InChI is InChI=1S/C10H16/c1-9-5-3-7-10(2)8-4-6-9/h3,5,8-9H,4,6-7H2,1-2H3. The first kappa shape index (κ1) is 7.59. The summed E-state index contributed by atoms with van der Waals surface area (Å²) in [5.74, 6) is 0.782. The van der Waals surface area contributed by atoms with Crippen molar-refractivity contribution >= 4 is 0 Å². The molecule has 1 unspecified atom stereocenters. The summed E-state index contributed by atoms with van der Waals surface area (Å²) in [5.41, 5.74) is 1.52. The van der Waals surface area contributed by atoms with Gasteiger partial charge in [0.1, 0.15) is 0 Å². The van der Waals surface area contributed by atoms with Crippen LogP contribution < -0.4 is 0 Å². The van der Waals surface area contributed by atoms with Gasteiger partial charge in [0.15, 0.2) is 0 Å². The molecule has 0 aromatic rings. The fourth-order valence-corrected chi connectivity index (χ4v) is 1.26. The summed E-state index contributed by atoms with van der Waals surface area (Å²) >= 11 is 0. The molecule has 0 fully saturated rings. The quantitative estimate of drug-likeness (QED) is 0.448. The lowest BCUT2D eigenvalue weighted by molar-refractivity contribution is 0.649. The van der Waals surface area contributed by atoms with Gasteiger partial charge in [0.05, 0.1) is 0 Å². The zero-order valence-electron chi connectivity index (χ0n) is 6.93. The van der Waals surface area contributed by atoms with Crippen LogP contribution in [0.3, 0.4) is 0 Å². The third-order valence-corrected chi connectivity index (χ3v) is 2.02. The number of hydrogen-bond acceptors (Lipinski definition) is 0. The molecule has 1 aliphatic rings. The highest BCUT2D eigenvalue weighted by atomic mass is 14.0. The topological polar surface area (TPSA) is 0 Å². The molecule has 1 rings (SSSR count). The molecule has 1 aliphatic carbocycles. The van der Waals surface area contributed by atoms with E-state index >= 15 is 0 Å². The SMILES string of the molecule is CC1=CCCC(C)C=CC1. The van der Waals surface area contributed by atoms with E-state index in [1.165, 1.54) is 18.4 Å². The normalized spacial score (nSPS) is 27.0. The van der Waals surface area contributed by atoms with Gasteiger partial charge < -0.3 is 0 Å². The maximum atomic E-state index is 2.36. The Kier molecular flexibility index (Phi) is 2.73. The monoisotopic (exact) mass is 136 g/mol. The Labute approximate surface area is 63.6 Å². The van der Waals surface area contributed by atoms with E-state index in [2.05, 4.69) is 32.1 Å². The van der Waals surface area contributed by atoms with Gasteiger partial charge >= 0.3 is 0 Å². The highest BCUT2D eigenvalue weighted by Gasteiger charge is 1.98. The lowest BCUT2D eigenvalue weighted by atomic mass is 9.99. The maximum Gasteiger partial charge on any atom is -0.0141 e. The molecule has 0 heterocycles. The van der Waals surface area contributed by atoms with Crippen molar-refractivity contribution < 1.29 is 0 Å². The second kappa shape index (κ2) is 3.60. The Morgan fingerprint density at radius 1 is 1.50 bits per heavy atom. The molecule has 1 atom stereocenters. The fourth-order valence-electron chi connectivity index (χ4n) is 1.26. The molecule has 0 bridgehead atoms. The lowest BCUT2D eigenvalue weighted by Gasteiger charge is -2.07. The van der Waals surface area contributed by atoms with Crippen LogP contribution in [0.4, 0.5) is 0 Å². The van der Waals surface area contributed by atoms with Gasteiger partial charge in [-0.15, -0.1) is 0 Å². The number of allylic oxidation sites excluding steroid dienone is 4. The van der Waals surface area contributed by atoms with Crippen LogP contribution in [-0.4, -0.2) is 0 Å². The summed E-state index contributed by atoms with van der Waals surface area (Å²) in [6.45, 7) is 4.49. The van der Waals surface area contributed by atoms with E-state index < -0.39 is 0 Å². The highest BCUT2D eigenvalue weighted by Crippen LogP contribution is 2.14. The Hall–Kier alpha value is -0.520.